The average Bonchev–Trinajstić information content (AvgIpc) is 1.82. The smallest absolute Gasteiger partial charge is 0.331 e. The lowest BCUT2D eigenvalue weighted by Gasteiger charge is -1.99. The fourth-order valence-corrected chi connectivity index (χ4v) is 0.854. The Labute approximate surface area is 57.1 Å². The number of carbonyl (C=O) groups is 1. The summed E-state index contributed by atoms with van der Waals surface area (Å²) >= 11 is 1.37. The number of nitrogens with one attached hydrogen (secondary N) is 1. The van der Waals surface area contributed by atoms with Crippen LogP contribution in [-0.2, 0) is 4.79 Å². The van der Waals surface area contributed by atoms with E-state index in [9.17, 15) is 4.79 Å². The molecule has 0 rings (SSSR count). The summed E-state index contributed by atoms with van der Waals surface area (Å²) < 4.78 is 0. The van der Waals surface area contributed by atoms with Crippen molar-refractivity contribution in [1.82, 2.24) is 0 Å². The van der Waals surface area contributed by atoms with Gasteiger partial charge < -0.3 is 5.11 Å². The molecule has 0 saturated carbocycles. The minimum absolute atomic E-state index is 0.374. The van der Waals surface area contributed by atoms with Crippen LogP contribution in [-0.4, -0.2) is 29.1 Å². The molecule has 0 aromatic carbocycles. The Kier molecular flexibility index (Phi) is 4.04. The molecule has 0 aromatic rings. The molecule has 0 fully saturated rings. The fraction of sp³-hybridized carbons (Fsp3) is 0.750. The summed E-state index contributed by atoms with van der Waals surface area (Å²) in [5.74, 6) is -0.655. The normalized spacial score (nSPS) is 12.6. The summed E-state index contributed by atoms with van der Waals surface area (Å²) in [6.07, 6.45) is 1.78. The molecule has 4 nitrogen and oxygen atoms in total. The van der Waals surface area contributed by atoms with E-state index in [0.29, 0.717) is 5.75 Å². The molecule has 0 bridgehead atoms. The third kappa shape index (κ3) is 3.07. The van der Waals surface area contributed by atoms with Crippen LogP contribution in [0.1, 0.15) is 0 Å². The highest BCUT2D eigenvalue weighted by Gasteiger charge is 2.13. The van der Waals surface area contributed by atoms with E-state index in [1.54, 1.807) is 6.26 Å². The zero-order valence-electron chi connectivity index (χ0n) is 5.00. The van der Waals surface area contributed by atoms with Gasteiger partial charge >= 0.3 is 5.97 Å². The standard InChI is InChI=1S/C4H8N2O2S/c1-9-2-3(6-5)4(7)8/h3,5H,2H2,1H3,(H,7,8)/t3-/m0/s1. The van der Waals surface area contributed by atoms with Gasteiger partial charge in [-0.15, -0.1) is 0 Å². The number of carboxylic acid groups (broad SMARTS) is 1. The molecule has 2 N–H and O–H groups in total. The maximum absolute atomic E-state index is 10.1. The summed E-state index contributed by atoms with van der Waals surface area (Å²) in [6.45, 7) is 0. The van der Waals surface area contributed by atoms with Crippen LogP contribution in [0.25, 0.3) is 0 Å². The highest BCUT2D eigenvalue weighted by Crippen LogP contribution is 2.00. The lowest BCUT2D eigenvalue weighted by atomic mass is 10.4. The SMILES string of the molecule is CSC[C@H](N=N)C(=O)O. The van der Waals surface area contributed by atoms with Gasteiger partial charge in [0.2, 0.25) is 0 Å². The Hall–Kier alpha value is -0.580. The minimum Gasteiger partial charge on any atom is -0.480 e. The molecule has 0 aliphatic carbocycles. The molecular weight excluding hydrogens is 140 g/mol. The van der Waals surface area contributed by atoms with Gasteiger partial charge in [-0.2, -0.15) is 16.9 Å². The number of hydrogen-bond acceptors (Lipinski definition) is 4. The van der Waals surface area contributed by atoms with Gasteiger partial charge in [0, 0.05) is 5.75 Å². The second kappa shape index (κ2) is 4.31. The van der Waals surface area contributed by atoms with E-state index in [-0.39, 0.29) is 0 Å². The Morgan fingerprint density at radius 1 is 2.00 bits per heavy atom. The summed E-state index contributed by atoms with van der Waals surface area (Å²) in [5, 5.41) is 11.2. The first-order valence-corrected chi connectivity index (χ1v) is 3.70. The van der Waals surface area contributed by atoms with Crippen LogP contribution in [0.15, 0.2) is 5.11 Å². The Bertz CT molecular complexity index is 117. The van der Waals surface area contributed by atoms with Crippen LogP contribution >= 0.6 is 11.8 Å². The molecule has 0 saturated heterocycles. The van der Waals surface area contributed by atoms with Gasteiger partial charge in [-0.1, -0.05) is 0 Å². The van der Waals surface area contributed by atoms with E-state index in [1.165, 1.54) is 11.8 Å². The molecule has 0 spiro atoms. The van der Waals surface area contributed by atoms with Gasteiger partial charge in [0.1, 0.15) is 0 Å². The second-order valence-corrected chi connectivity index (χ2v) is 2.35. The van der Waals surface area contributed by atoms with E-state index in [1.807, 2.05) is 0 Å². The van der Waals surface area contributed by atoms with Gasteiger partial charge in [-0.05, 0) is 6.26 Å². The van der Waals surface area contributed by atoms with Crippen LogP contribution < -0.4 is 0 Å². The van der Waals surface area contributed by atoms with Gasteiger partial charge in [-0.3, -0.25) is 0 Å². The molecule has 0 unspecified atom stereocenters. The molecule has 0 heterocycles. The van der Waals surface area contributed by atoms with Crippen LogP contribution in [0, 0.1) is 5.53 Å². The third-order valence-electron chi connectivity index (χ3n) is 0.765. The first kappa shape index (κ1) is 8.42. The van der Waals surface area contributed by atoms with Gasteiger partial charge in [0.05, 0.1) is 0 Å². The molecule has 9 heavy (non-hydrogen) atoms. The number of carboxylic acids is 1. The lowest BCUT2D eigenvalue weighted by molar-refractivity contribution is -0.138. The van der Waals surface area contributed by atoms with Crippen molar-refractivity contribution in [2.45, 2.75) is 6.04 Å². The van der Waals surface area contributed by atoms with Crippen molar-refractivity contribution in [1.29, 1.82) is 5.53 Å². The quantitative estimate of drug-likeness (QED) is 0.580. The monoisotopic (exact) mass is 148 g/mol. The number of hydrogen-bond donors (Lipinski definition) is 2. The predicted molar refractivity (Wildman–Crippen MR) is 35.0 cm³/mol. The fourth-order valence-electron chi connectivity index (χ4n) is 0.322. The summed E-state index contributed by atoms with van der Waals surface area (Å²) in [4.78, 5) is 10.1. The molecule has 0 aliphatic rings. The maximum atomic E-state index is 10.1. The van der Waals surface area contributed by atoms with Crippen molar-refractivity contribution in [2.24, 2.45) is 5.11 Å². The van der Waals surface area contributed by atoms with E-state index in [4.69, 9.17) is 10.6 Å². The van der Waals surface area contributed by atoms with E-state index in [2.05, 4.69) is 5.11 Å². The van der Waals surface area contributed by atoms with Crippen molar-refractivity contribution in [2.75, 3.05) is 12.0 Å². The van der Waals surface area contributed by atoms with E-state index < -0.39 is 12.0 Å². The van der Waals surface area contributed by atoms with Crippen molar-refractivity contribution in [3.63, 3.8) is 0 Å². The summed E-state index contributed by atoms with van der Waals surface area (Å²) in [5.41, 5.74) is 6.42. The molecular formula is C4H8N2O2S. The molecule has 0 radical (unpaired) electrons. The third-order valence-corrected chi connectivity index (χ3v) is 1.41. The number of aliphatic carboxylic acids is 1. The van der Waals surface area contributed by atoms with Crippen molar-refractivity contribution >= 4 is 17.7 Å². The summed E-state index contributed by atoms with van der Waals surface area (Å²) in [6, 6.07) is -0.861. The second-order valence-electron chi connectivity index (χ2n) is 1.44. The predicted octanol–water partition coefficient (Wildman–Crippen LogP) is 0.834. The van der Waals surface area contributed by atoms with E-state index in [0.717, 1.165) is 0 Å². The Morgan fingerprint density at radius 2 is 2.56 bits per heavy atom. The molecule has 5 heteroatoms. The van der Waals surface area contributed by atoms with Crippen LogP contribution in [0.3, 0.4) is 0 Å². The first-order chi connectivity index (χ1) is 4.22. The lowest BCUT2D eigenvalue weighted by Crippen LogP contribution is -2.19. The number of nitrogens with zero attached hydrogens (tertiary/aromatic N) is 1. The largest absolute Gasteiger partial charge is 0.480 e. The Morgan fingerprint density at radius 3 is 2.67 bits per heavy atom. The van der Waals surface area contributed by atoms with Crippen molar-refractivity contribution < 1.29 is 9.90 Å². The topological polar surface area (TPSA) is 73.5 Å². The van der Waals surface area contributed by atoms with Gasteiger partial charge in [-0.25, -0.2) is 10.3 Å². The average molecular weight is 148 g/mol. The molecule has 1 atom stereocenters. The highest BCUT2D eigenvalue weighted by atomic mass is 32.2. The van der Waals surface area contributed by atoms with Gasteiger partial charge in [0.15, 0.2) is 6.04 Å². The Balaban J connectivity index is 3.68. The highest BCUT2D eigenvalue weighted by molar-refractivity contribution is 7.98. The zero-order chi connectivity index (χ0) is 7.28. The van der Waals surface area contributed by atoms with Crippen molar-refractivity contribution in [3.05, 3.63) is 0 Å². The zero-order valence-corrected chi connectivity index (χ0v) is 5.81. The van der Waals surface area contributed by atoms with Crippen molar-refractivity contribution in [3.8, 4) is 0 Å². The molecule has 0 amide bonds. The van der Waals surface area contributed by atoms with Crippen LogP contribution in [0.2, 0.25) is 0 Å². The molecule has 0 aromatic heterocycles. The molecule has 0 aliphatic heterocycles. The van der Waals surface area contributed by atoms with E-state index >= 15 is 0 Å². The van der Waals surface area contributed by atoms with Gasteiger partial charge in [0.25, 0.3) is 0 Å². The summed E-state index contributed by atoms with van der Waals surface area (Å²) in [7, 11) is 0. The minimum atomic E-state index is -1.03. The maximum Gasteiger partial charge on any atom is 0.331 e. The van der Waals surface area contributed by atoms with Crippen LogP contribution in [0.4, 0.5) is 0 Å². The van der Waals surface area contributed by atoms with Crippen LogP contribution in [0.5, 0.6) is 0 Å². The number of rotatable bonds is 4. The number of thioether (sulfide) groups is 1. The first-order valence-electron chi connectivity index (χ1n) is 2.30. The molecule has 52 valence electrons.